The maximum atomic E-state index is 14.2. The highest BCUT2D eigenvalue weighted by Crippen LogP contribution is 2.18. The zero-order chi connectivity index (χ0) is 17.3. The van der Waals surface area contributed by atoms with Crippen LogP contribution in [-0.2, 0) is 11.3 Å². The molecule has 0 spiro atoms. The third kappa shape index (κ3) is 2.90. The van der Waals surface area contributed by atoms with E-state index in [1.165, 1.54) is 47.0 Å². The van der Waals surface area contributed by atoms with Gasteiger partial charge in [-0.05, 0) is 31.2 Å². The van der Waals surface area contributed by atoms with Crippen LogP contribution in [0.3, 0.4) is 0 Å². The van der Waals surface area contributed by atoms with Crippen molar-refractivity contribution in [1.82, 2.24) is 4.57 Å². The van der Waals surface area contributed by atoms with Crippen LogP contribution in [0.2, 0.25) is 0 Å². The molecule has 0 aliphatic carbocycles. The van der Waals surface area contributed by atoms with Crippen LogP contribution < -0.4 is 10.7 Å². The van der Waals surface area contributed by atoms with E-state index >= 15 is 0 Å². The van der Waals surface area contributed by atoms with Crippen molar-refractivity contribution in [3.63, 3.8) is 0 Å². The molecule has 1 heterocycles. The average molecular weight is 328 g/mol. The monoisotopic (exact) mass is 328 g/mol. The molecule has 0 aliphatic rings. The summed E-state index contributed by atoms with van der Waals surface area (Å²) >= 11 is 0. The number of hydrogen-bond donors (Lipinski definition) is 1. The second kappa shape index (κ2) is 6.23. The molecular weight excluding hydrogens is 314 g/mol. The number of carbonyl (C=O) groups excluding carboxylic acids is 1. The van der Waals surface area contributed by atoms with Gasteiger partial charge in [0.25, 0.3) is 0 Å². The number of benzene rings is 2. The Bertz CT molecular complexity index is 996. The molecule has 0 fully saturated rings. The van der Waals surface area contributed by atoms with Crippen LogP contribution in [0, 0.1) is 18.6 Å². The predicted molar refractivity (Wildman–Crippen MR) is 87.9 cm³/mol. The van der Waals surface area contributed by atoms with Gasteiger partial charge in [-0.15, -0.1) is 0 Å². The highest BCUT2D eigenvalue weighted by molar-refractivity contribution is 5.92. The molecule has 2 aromatic carbocycles. The van der Waals surface area contributed by atoms with E-state index < -0.39 is 17.5 Å². The molecule has 6 heteroatoms. The van der Waals surface area contributed by atoms with Gasteiger partial charge in [-0.2, -0.15) is 0 Å². The molecule has 122 valence electrons. The number of pyridine rings is 1. The standard InChI is InChI=1S/C18H14F2N2O2/c1-11-9-16(23)12-5-4-7-14(20)18(12)22(11)10-17(24)21-15-8-3-2-6-13(15)19/h2-9H,10H2,1H3,(H,21,24). The Morgan fingerprint density at radius 2 is 1.79 bits per heavy atom. The highest BCUT2D eigenvalue weighted by atomic mass is 19.1. The molecule has 1 amide bonds. The Kier molecular flexibility index (Phi) is 4.12. The van der Waals surface area contributed by atoms with Crippen LogP contribution in [-0.4, -0.2) is 10.5 Å². The minimum Gasteiger partial charge on any atom is -0.333 e. The van der Waals surface area contributed by atoms with Gasteiger partial charge < -0.3 is 9.88 Å². The summed E-state index contributed by atoms with van der Waals surface area (Å²) in [4.78, 5) is 24.2. The van der Waals surface area contributed by atoms with Crippen molar-refractivity contribution in [2.45, 2.75) is 13.5 Å². The summed E-state index contributed by atoms with van der Waals surface area (Å²) in [6.45, 7) is 1.38. The number of aryl methyl sites for hydroxylation is 1. The molecule has 1 N–H and O–H groups in total. The molecule has 24 heavy (non-hydrogen) atoms. The Balaban J connectivity index is 2.00. The summed E-state index contributed by atoms with van der Waals surface area (Å²) in [5.74, 6) is -1.66. The number of aromatic nitrogens is 1. The fourth-order valence-electron chi connectivity index (χ4n) is 2.61. The summed E-state index contributed by atoms with van der Waals surface area (Å²) in [5, 5.41) is 2.64. The van der Waals surface area contributed by atoms with E-state index in [-0.39, 0.29) is 28.6 Å². The molecule has 0 saturated heterocycles. The summed E-state index contributed by atoms with van der Waals surface area (Å²) in [6, 6.07) is 11.3. The van der Waals surface area contributed by atoms with Gasteiger partial charge in [0.15, 0.2) is 5.43 Å². The minimum absolute atomic E-state index is 0.0472. The lowest BCUT2D eigenvalue weighted by Gasteiger charge is -2.15. The first-order valence-corrected chi connectivity index (χ1v) is 7.30. The molecule has 0 atom stereocenters. The minimum atomic E-state index is -0.591. The molecular formula is C18H14F2N2O2. The maximum Gasteiger partial charge on any atom is 0.244 e. The zero-order valence-corrected chi connectivity index (χ0v) is 12.8. The third-order valence-electron chi connectivity index (χ3n) is 3.74. The number of amides is 1. The topological polar surface area (TPSA) is 51.1 Å². The van der Waals surface area contributed by atoms with Crippen molar-refractivity contribution in [1.29, 1.82) is 0 Å². The van der Waals surface area contributed by atoms with Gasteiger partial charge >= 0.3 is 0 Å². The first kappa shape index (κ1) is 15.9. The summed E-state index contributed by atoms with van der Waals surface area (Å²) < 4.78 is 29.2. The van der Waals surface area contributed by atoms with E-state index in [1.54, 1.807) is 13.0 Å². The first-order chi connectivity index (χ1) is 11.5. The molecule has 3 aromatic rings. The van der Waals surface area contributed by atoms with Crippen LogP contribution in [0.4, 0.5) is 14.5 Å². The smallest absolute Gasteiger partial charge is 0.244 e. The van der Waals surface area contributed by atoms with Crippen molar-refractivity contribution >= 4 is 22.5 Å². The van der Waals surface area contributed by atoms with Gasteiger partial charge in [-0.1, -0.05) is 18.2 Å². The number of nitrogens with one attached hydrogen (secondary N) is 1. The van der Waals surface area contributed by atoms with Crippen molar-refractivity contribution < 1.29 is 13.6 Å². The second-order valence-electron chi connectivity index (χ2n) is 5.40. The van der Waals surface area contributed by atoms with E-state index in [0.717, 1.165) is 0 Å². The van der Waals surface area contributed by atoms with E-state index in [0.29, 0.717) is 5.69 Å². The Morgan fingerprint density at radius 3 is 2.54 bits per heavy atom. The van der Waals surface area contributed by atoms with Crippen LogP contribution in [0.15, 0.2) is 53.3 Å². The van der Waals surface area contributed by atoms with Gasteiger partial charge in [0.05, 0.1) is 11.2 Å². The molecule has 1 aromatic heterocycles. The van der Waals surface area contributed by atoms with Crippen LogP contribution in [0.1, 0.15) is 5.69 Å². The summed E-state index contributed by atoms with van der Waals surface area (Å²) in [6.07, 6.45) is 0. The summed E-state index contributed by atoms with van der Waals surface area (Å²) in [7, 11) is 0. The molecule has 0 unspecified atom stereocenters. The summed E-state index contributed by atoms with van der Waals surface area (Å²) in [5.41, 5.74) is 0.242. The van der Waals surface area contributed by atoms with Crippen molar-refractivity contribution in [2.24, 2.45) is 0 Å². The third-order valence-corrected chi connectivity index (χ3v) is 3.74. The molecule has 0 saturated carbocycles. The fourth-order valence-corrected chi connectivity index (χ4v) is 2.61. The average Bonchev–Trinajstić information content (AvgIpc) is 2.54. The quantitative estimate of drug-likeness (QED) is 0.802. The number of hydrogen-bond acceptors (Lipinski definition) is 2. The lowest BCUT2D eigenvalue weighted by Crippen LogP contribution is -2.23. The van der Waals surface area contributed by atoms with E-state index in [9.17, 15) is 18.4 Å². The van der Waals surface area contributed by atoms with Gasteiger partial charge in [0.1, 0.15) is 18.2 Å². The van der Waals surface area contributed by atoms with Gasteiger partial charge in [0, 0.05) is 17.1 Å². The first-order valence-electron chi connectivity index (χ1n) is 7.30. The number of fused-ring (bicyclic) bond motifs is 1. The van der Waals surface area contributed by atoms with Gasteiger partial charge in [-0.25, -0.2) is 8.78 Å². The fraction of sp³-hybridized carbons (Fsp3) is 0.111. The molecule has 0 radical (unpaired) electrons. The number of rotatable bonds is 3. The number of para-hydroxylation sites is 2. The Hall–Kier alpha value is -3.02. The number of halogens is 2. The Morgan fingerprint density at radius 1 is 1.08 bits per heavy atom. The lowest BCUT2D eigenvalue weighted by atomic mass is 10.1. The molecule has 0 aliphatic heterocycles. The van der Waals surface area contributed by atoms with Crippen LogP contribution in [0.25, 0.3) is 10.9 Å². The van der Waals surface area contributed by atoms with Crippen LogP contribution >= 0.6 is 0 Å². The zero-order valence-electron chi connectivity index (χ0n) is 12.8. The normalized spacial score (nSPS) is 10.8. The number of nitrogens with zero attached hydrogens (tertiary/aromatic N) is 1. The maximum absolute atomic E-state index is 14.2. The largest absolute Gasteiger partial charge is 0.333 e. The van der Waals surface area contributed by atoms with Gasteiger partial charge in [0.2, 0.25) is 5.91 Å². The van der Waals surface area contributed by atoms with E-state index in [4.69, 9.17) is 0 Å². The Labute approximate surface area is 136 Å². The highest BCUT2D eigenvalue weighted by Gasteiger charge is 2.14. The van der Waals surface area contributed by atoms with Gasteiger partial charge in [-0.3, -0.25) is 9.59 Å². The van der Waals surface area contributed by atoms with Crippen molar-refractivity contribution in [3.8, 4) is 0 Å². The SMILES string of the molecule is Cc1cc(=O)c2cccc(F)c2n1CC(=O)Nc1ccccc1F. The predicted octanol–water partition coefficient (Wildman–Crippen LogP) is 3.23. The van der Waals surface area contributed by atoms with Crippen molar-refractivity contribution in [2.75, 3.05) is 5.32 Å². The second-order valence-corrected chi connectivity index (χ2v) is 5.40. The van der Waals surface area contributed by atoms with Crippen LogP contribution in [0.5, 0.6) is 0 Å². The molecule has 0 bridgehead atoms. The van der Waals surface area contributed by atoms with Crippen molar-refractivity contribution in [3.05, 3.63) is 76.1 Å². The lowest BCUT2D eigenvalue weighted by molar-refractivity contribution is -0.116. The number of carbonyl (C=O) groups is 1. The van der Waals surface area contributed by atoms with E-state index in [2.05, 4.69) is 5.32 Å². The number of anilines is 1. The van der Waals surface area contributed by atoms with E-state index in [1.807, 2.05) is 0 Å². The molecule has 4 nitrogen and oxygen atoms in total. The molecule has 3 rings (SSSR count).